The number of anilines is 1. The van der Waals surface area contributed by atoms with Crippen LogP contribution in [0.3, 0.4) is 0 Å². The summed E-state index contributed by atoms with van der Waals surface area (Å²) in [6.45, 7) is 1.99. The fourth-order valence-electron chi connectivity index (χ4n) is 3.03. The van der Waals surface area contributed by atoms with Crippen LogP contribution in [0.15, 0.2) is 60.7 Å². The van der Waals surface area contributed by atoms with Gasteiger partial charge in [-0.25, -0.2) is 0 Å². The molecule has 2 N–H and O–H groups in total. The molecule has 0 saturated carbocycles. The molecule has 1 heterocycles. The van der Waals surface area contributed by atoms with Crippen LogP contribution >= 0.6 is 12.2 Å². The Labute approximate surface area is 155 Å². The minimum absolute atomic E-state index is 0.169. The molecule has 4 rings (SSSR count). The smallest absolute Gasteiger partial charge is 0.280 e. The highest BCUT2D eigenvalue weighted by molar-refractivity contribution is 7.80. The number of benzene rings is 3. The molecule has 0 saturated heterocycles. The van der Waals surface area contributed by atoms with E-state index in [-0.39, 0.29) is 5.11 Å². The number of aryl methyl sites for hydroxylation is 1. The maximum absolute atomic E-state index is 12.8. The van der Waals surface area contributed by atoms with E-state index >= 15 is 0 Å². The Morgan fingerprint density at radius 2 is 1.46 bits per heavy atom. The van der Waals surface area contributed by atoms with Crippen LogP contribution in [0, 0.1) is 6.92 Å². The van der Waals surface area contributed by atoms with Gasteiger partial charge in [0.2, 0.25) is 0 Å². The molecule has 6 heteroatoms. The fourth-order valence-corrected chi connectivity index (χ4v) is 3.24. The lowest BCUT2D eigenvalue weighted by molar-refractivity contribution is 0.0568. The molecule has 0 bridgehead atoms. The molecule has 5 nitrogen and oxygen atoms in total. The molecule has 0 radical (unpaired) electrons. The average molecular weight is 361 g/mol. The van der Waals surface area contributed by atoms with E-state index in [0.29, 0.717) is 16.5 Å². The molecule has 0 unspecified atom stereocenters. The standard InChI is InChI=1S/C20H15N3O2S/c1-12-8-10-14(11-9-12)21-20(26)22-23-18(24)15-6-2-4-13-5-3-7-16(17(13)15)19(23)25/h2-11H,1H3,(H2,21,22,26). The van der Waals surface area contributed by atoms with Gasteiger partial charge < -0.3 is 5.32 Å². The molecule has 0 aliphatic carbocycles. The zero-order valence-corrected chi connectivity index (χ0v) is 14.8. The summed E-state index contributed by atoms with van der Waals surface area (Å²) in [6, 6.07) is 18.4. The van der Waals surface area contributed by atoms with Crippen molar-refractivity contribution in [2.75, 3.05) is 5.32 Å². The molecule has 0 fully saturated rings. The number of amides is 2. The second-order valence-electron chi connectivity index (χ2n) is 6.09. The Morgan fingerprint density at radius 1 is 0.885 bits per heavy atom. The van der Waals surface area contributed by atoms with Crippen molar-refractivity contribution in [3.05, 3.63) is 77.4 Å². The monoisotopic (exact) mass is 361 g/mol. The number of nitrogens with zero attached hydrogens (tertiary/aromatic N) is 1. The fraction of sp³-hybridized carbons (Fsp3) is 0.0500. The molecule has 0 aromatic heterocycles. The zero-order valence-electron chi connectivity index (χ0n) is 13.9. The van der Waals surface area contributed by atoms with E-state index in [1.807, 2.05) is 43.3 Å². The van der Waals surface area contributed by atoms with Gasteiger partial charge in [0.05, 0.1) is 11.1 Å². The zero-order chi connectivity index (χ0) is 18.3. The maximum Gasteiger partial charge on any atom is 0.280 e. The minimum Gasteiger partial charge on any atom is -0.331 e. The highest BCUT2D eigenvalue weighted by Gasteiger charge is 2.33. The number of hydrazine groups is 1. The molecule has 128 valence electrons. The van der Waals surface area contributed by atoms with E-state index in [1.165, 1.54) is 0 Å². The number of hydrogen-bond acceptors (Lipinski definition) is 3. The Morgan fingerprint density at radius 3 is 2.04 bits per heavy atom. The van der Waals surface area contributed by atoms with Gasteiger partial charge in [0.1, 0.15) is 0 Å². The molecule has 1 aliphatic rings. The molecule has 0 atom stereocenters. The summed E-state index contributed by atoms with van der Waals surface area (Å²) in [5.41, 5.74) is 5.57. The van der Waals surface area contributed by atoms with Crippen LogP contribution in [-0.4, -0.2) is 21.9 Å². The normalized spacial score (nSPS) is 13.0. The van der Waals surface area contributed by atoms with Crippen molar-refractivity contribution in [1.29, 1.82) is 0 Å². The van der Waals surface area contributed by atoms with Gasteiger partial charge in [0.15, 0.2) is 5.11 Å². The van der Waals surface area contributed by atoms with Crippen molar-refractivity contribution in [3.63, 3.8) is 0 Å². The Balaban J connectivity index is 1.62. The van der Waals surface area contributed by atoms with Gasteiger partial charge in [-0.15, -0.1) is 0 Å². The lowest BCUT2D eigenvalue weighted by Gasteiger charge is -2.28. The number of nitrogens with one attached hydrogen (secondary N) is 2. The largest absolute Gasteiger partial charge is 0.331 e. The van der Waals surface area contributed by atoms with Crippen molar-refractivity contribution in [2.45, 2.75) is 6.92 Å². The summed E-state index contributed by atoms with van der Waals surface area (Å²) >= 11 is 5.27. The third-order valence-electron chi connectivity index (χ3n) is 4.29. The van der Waals surface area contributed by atoms with E-state index in [0.717, 1.165) is 21.6 Å². The van der Waals surface area contributed by atoms with E-state index < -0.39 is 11.8 Å². The first kappa shape index (κ1) is 16.2. The first-order valence-corrected chi connectivity index (χ1v) is 8.50. The van der Waals surface area contributed by atoms with Crippen LogP contribution in [0.5, 0.6) is 0 Å². The molecule has 3 aromatic rings. The quantitative estimate of drug-likeness (QED) is 0.539. The van der Waals surface area contributed by atoms with Crippen molar-refractivity contribution in [1.82, 2.24) is 10.4 Å². The van der Waals surface area contributed by atoms with Crippen molar-refractivity contribution >= 4 is 45.6 Å². The van der Waals surface area contributed by atoms with Crippen LogP contribution < -0.4 is 10.7 Å². The van der Waals surface area contributed by atoms with Crippen molar-refractivity contribution in [2.24, 2.45) is 0 Å². The predicted molar refractivity (Wildman–Crippen MR) is 105 cm³/mol. The van der Waals surface area contributed by atoms with Gasteiger partial charge in [-0.1, -0.05) is 42.0 Å². The lowest BCUT2D eigenvalue weighted by atomic mass is 9.95. The molecular formula is C20H15N3O2S. The summed E-state index contributed by atoms with van der Waals surface area (Å²) in [4.78, 5) is 25.6. The van der Waals surface area contributed by atoms with Crippen molar-refractivity contribution < 1.29 is 9.59 Å². The van der Waals surface area contributed by atoms with Gasteiger partial charge in [0.25, 0.3) is 11.8 Å². The summed E-state index contributed by atoms with van der Waals surface area (Å²) in [7, 11) is 0. The highest BCUT2D eigenvalue weighted by Crippen LogP contribution is 2.29. The molecule has 0 spiro atoms. The summed E-state index contributed by atoms with van der Waals surface area (Å²) in [5.74, 6) is -0.847. The SMILES string of the molecule is Cc1ccc(NC(=S)NN2C(=O)c3cccc4cccc(c34)C2=O)cc1. The van der Waals surface area contributed by atoms with E-state index in [1.54, 1.807) is 24.3 Å². The van der Waals surface area contributed by atoms with Gasteiger partial charge in [0, 0.05) is 11.1 Å². The average Bonchev–Trinajstić information content (AvgIpc) is 2.65. The third-order valence-corrected chi connectivity index (χ3v) is 4.49. The summed E-state index contributed by atoms with van der Waals surface area (Å²) in [5, 5.41) is 5.65. The number of imide groups is 1. The number of carbonyl (C=O) groups excluding carboxylic acids is 2. The Bertz CT molecular complexity index is 1010. The second kappa shape index (κ2) is 6.24. The lowest BCUT2D eigenvalue weighted by Crippen LogP contribution is -2.52. The van der Waals surface area contributed by atoms with E-state index in [2.05, 4.69) is 10.7 Å². The van der Waals surface area contributed by atoms with Crippen LogP contribution in [0.25, 0.3) is 10.8 Å². The Hall–Kier alpha value is -3.25. The Kier molecular flexibility index (Phi) is 3.89. The second-order valence-corrected chi connectivity index (χ2v) is 6.50. The number of carbonyl (C=O) groups is 2. The van der Waals surface area contributed by atoms with Gasteiger partial charge >= 0.3 is 0 Å². The number of rotatable bonds is 2. The molecule has 26 heavy (non-hydrogen) atoms. The van der Waals surface area contributed by atoms with Gasteiger partial charge in [-0.3, -0.25) is 15.0 Å². The van der Waals surface area contributed by atoms with Crippen LogP contribution in [0.2, 0.25) is 0 Å². The number of thiocarbonyl (C=S) groups is 1. The number of hydrogen-bond donors (Lipinski definition) is 2. The molecule has 3 aromatic carbocycles. The minimum atomic E-state index is -0.424. The summed E-state index contributed by atoms with van der Waals surface area (Å²) < 4.78 is 0. The van der Waals surface area contributed by atoms with Crippen LogP contribution in [0.4, 0.5) is 5.69 Å². The van der Waals surface area contributed by atoms with Gasteiger partial charge in [-0.05, 0) is 48.8 Å². The van der Waals surface area contributed by atoms with Gasteiger partial charge in [-0.2, -0.15) is 5.01 Å². The first-order chi connectivity index (χ1) is 12.5. The van der Waals surface area contributed by atoms with Crippen LogP contribution in [-0.2, 0) is 0 Å². The van der Waals surface area contributed by atoms with E-state index in [4.69, 9.17) is 12.2 Å². The topological polar surface area (TPSA) is 61.4 Å². The van der Waals surface area contributed by atoms with E-state index in [9.17, 15) is 9.59 Å². The first-order valence-electron chi connectivity index (χ1n) is 8.09. The predicted octanol–water partition coefficient (Wildman–Crippen LogP) is 3.65. The summed E-state index contributed by atoms with van der Waals surface area (Å²) in [6.07, 6.45) is 0. The van der Waals surface area contributed by atoms with Crippen molar-refractivity contribution in [3.8, 4) is 0 Å². The molecule has 2 amide bonds. The molecule has 1 aliphatic heterocycles. The third kappa shape index (κ3) is 2.70. The van der Waals surface area contributed by atoms with Crippen LogP contribution in [0.1, 0.15) is 26.3 Å². The highest BCUT2D eigenvalue weighted by atomic mass is 32.1. The maximum atomic E-state index is 12.8. The molecular weight excluding hydrogens is 346 g/mol.